The molecule has 0 unspecified atom stereocenters. The molecule has 0 aliphatic rings. The van der Waals surface area contributed by atoms with Gasteiger partial charge in [-0.3, -0.25) is 14.4 Å². The van der Waals surface area contributed by atoms with E-state index in [-0.39, 0.29) is 16.0 Å². The summed E-state index contributed by atoms with van der Waals surface area (Å²) in [7, 11) is 0. The van der Waals surface area contributed by atoms with Crippen LogP contribution in [0.3, 0.4) is 0 Å². The van der Waals surface area contributed by atoms with Crippen molar-refractivity contribution in [2.45, 2.75) is 12.6 Å². The predicted octanol–water partition coefficient (Wildman–Crippen LogP) is 3.95. The molecule has 0 fully saturated rings. The van der Waals surface area contributed by atoms with Gasteiger partial charge in [0.15, 0.2) is 5.78 Å². The van der Waals surface area contributed by atoms with Gasteiger partial charge in [0.25, 0.3) is 5.91 Å². The van der Waals surface area contributed by atoms with Gasteiger partial charge in [0.05, 0.1) is 28.1 Å². The van der Waals surface area contributed by atoms with Crippen molar-refractivity contribution in [1.82, 2.24) is 0 Å². The minimum Gasteiger partial charge on any atom is -0.506 e. The van der Waals surface area contributed by atoms with E-state index in [0.29, 0.717) is 12.1 Å². The Balaban J connectivity index is 1.81. The van der Waals surface area contributed by atoms with Crippen LogP contribution in [0.5, 0.6) is 5.75 Å². The molecule has 0 spiro atoms. The summed E-state index contributed by atoms with van der Waals surface area (Å²) in [6.07, 6.45) is -5.86. The zero-order chi connectivity index (χ0) is 22.9. The number of ketones is 2. The van der Waals surface area contributed by atoms with Crippen LogP contribution in [0.2, 0.25) is 5.02 Å². The van der Waals surface area contributed by atoms with Crippen LogP contribution in [0.15, 0.2) is 51.7 Å². The topological polar surface area (TPSA) is 114 Å². The van der Waals surface area contributed by atoms with Crippen molar-refractivity contribution in [3.8, 4) is 5.75 Å². The summed E-state index contributed by atoms with van der Waals surface area (Å²) in [5, 5.41) is 11.9. The lowest BCUT2D eigenvalue weighted by Crippen LogP contribution is -2.27. The molecule has 2 N–H and O–H groups in total. The average molecular weight is 454 g/mol. The summed E-state index contributed by atoms with van der Waals surface area (Å²) < 4.78 is 43.4. The molecule has 0 atom stereocenters. The Hall–Kier alpha value is -3.66. The SMILES string of the molecule is O=C(CC(=O)c1c(O)c2ccccc2oc1=O)C(=O)Nc1cc(C(F)(F)F)ccc1Cl. The Morgan fingerprint density at radius 1 is 1.10 bits per heavy atom. The molecule has 0 aliphatic heterocycles. The second-order valence-corrected chi connectivity index (χ2v) is 6.69. The minimum absolute atomic E-state index is 0.00445. The molecule has 3 aromatic rings. The molecular weight excluding hydrogens is 443 g/mol. The van der Waals surface area contributed by atoms with Crippen molar-refractivity contribution in [2.75, 3.05) is 5.32 Å². The molecule has 1 amide bonds. The Morgan fingerprint density at radius 2 is 1.77 bits per heavy atom. The molecule has 0 radical (unpaired) electrons. The fourth-order valence-corrected chi connectivity index (χ4v) is 2.85. The highest BCUT2D eigenvalue weighted by atomic mass is 35.5. The van der Waals surface area contributed by atoms with Crippen molar-refractivity contribution < 1.29 is 37.1 Å². The zero-order valence-electron chi connectivity index (χ0n) is 15.2. The molecule has 3 rings (SSSR count). The number of fused-ring (bicyclic) bond motifs is 1. The molecule has 0 saturated heterocycles. The normalized spacial score (nSPS) is 11.4. The van der Waals surface area contributed by atoms with E-state index in [2.05, 4.69) is 0 Å². The number of carbonyl (C=O) groups is 3. The van der Waals surface area contributed by atoms with Gasteiger partial charge in [0.2, 0.25) is 5.78 Å². The van der Waals surface area contributed by atoms with Crippen LogP contribution >= 0.6 is 11.6 Å². The first kappa shape index (κ1) is 22.0. The molecule has 1 heterocycles. The Labute approximate surface area is 176 Å². The standard InChI is InChI=1S/C20H11ClF3NO6/c21-11-6-5-9(20(22,23)24)7-12(11)25-18(29)14(27)8-13(26)16-17(28)10-3-1-2-4-15(10)31-19(16)30/h1-7,28H,8H2,(H,25,29). The van der Waals surface area contributed by atoms with Gasteiger partial charge in [-0.2, -0.15) is 13.2 Å². The molecule has 0 aliphatic carbocycles. The van der Waals surface area contributed by atoms with Gasteiger partial charge >= 0.3 is 11.8 Å². The lowest BCUT2D eigenvalue weighted by atomic mass is 10.0. The van der Waals surface area contributed by atoms with E-state index in [0.717, 1.165) is 6.07 Å². The van der Waals surface area contributed by atoms with Gasteiger partial charge < -0.3 is 14.8 Å². The monoisotopic (exact) mass is 453 g/mol. The number of carbonyl (C=O) groups excluding carboxylic acids is 3. The smallest absolute Gasteiger partial charge is 0.416 e. The Bertz CT molecular complexity index is 1280. The fourth-order valence-electron chi connectivity index (χ4n) is 2.68. The second kappa shape index (κ2) is 8.23. The predicted molar refractivity (Wildman–Crippen MR) is 103 cm³/mol. The van der Waals surface area contributed by atoms with Gasteiger partial charge in [0, 0.05) is 0 Å². The van der Waals surface area contributed by atoms with Crippen LogP contribution in [0.1, 0.15) is 22.3 Å². The van der Waals surface area contributed by atoms with Crippen molar-refractivity contribution in [1.29, 1.82) is 0 Å². The van der Waals surface area contributed by atoms with Gasteiger partial charge in [-0.05, 0) is 30.3 Å². The summed E-state index contributed by atoms with van der Waals surface area (Å²) in [6, 6.07) is 7.88. The lowest BCUT2D eigenvalue weighted by Gasteiger charge is -2.11. The third-order valence-electron chi connectivity index (χ3n) is 4.18. The second-order valence-electron chi connectivity index (χ2n) is 6.28. The fraction of sp³-hybridized carbons (Fsp3) is 0.100. The highest BCUT2D eigenvalue weighted by Gasteiger charge is 2.31. The molecule has 0 saturated carbocycles. The summed E-state index contributed by atoms with van der Waals surface area (Å²) in [4.78, 5) is 48.5. The van der Waals surface area contributed by atoms with Gasteiger partial charge in [-0.1, -0.05) is 23.7 Å². The first-order valence-electron chi connectivity index (χ1n) is 8.48. The van der Waals surface area contributed by atoms with E-state index in [1.165, 1.54) is 24.3 Å². The number of hydrogen-bond acceptors (Lipinski definition) is 6. The molecule has 7 nitrogen and oxygen atoms in total. The highest BCUT2D eigenvalue weighted by molar-refractivity contribution is 6.45. The zero-order valence-corrected chi connectivity index (χ0v) is 16.0. The number of hydrogen-bond donors (Lipinski definition) is 2. The number of alkyl halides is 3. The van der Waals surface area contributed by atoms with Gasteiger partial charge in [-0.15, -0.1) is 0 Å². The quantitative estimate of drug-likeness (QED) is 0.262. The van der Waals surface area contributed by atoms with E-state index in [1.54, 1.807) is 0 Å². The maximum absolute atomic E-state index is 12.8. The summed E-state index contributed by atoms with van der Waals surface area (Å²) in [5.41, 5.74) is -3.64. The number of halogens is 4. The van der Waals surface area contributed by atoms with E-state index in [9.17, 15) is 37.5 Å². The number of benzene rings is 2. The molecule has 11 heteroatoms. The van der Waals surface area contributed by atoms with Gasteiger partial charge in [0.1, 0.15) is 16.9 Å². The first-order valence-corrected chi connectivity index (χ1v) is 8.85. The first-order chi connectivity index (χ1) is 14.5. The van der Waals surface area contributed by atoms with Crippen LogP contribution in [0, 0.1) is 0 Å². The molecular formula is C20H11ClF3NO6. The largest absolute Gasteiger partial charge is 0.506 e. The third kappa shape index (κ3) is 4.58. The van der Waals surface area contributed by atoms with Crippen molar-refractivity contribution in [3.05, 3.63) is 69.0 Å². The lowest BCUT2D eigenvalue weighted by molar-refractivity contribution is -0.137. The van der Waals surface area contributed by atoms with Crippen molar-refractivity contribution in [2.24, 2.45) is 0 Å². The number of rotatable bonds is 5. The van der Waals surface area contributed by atoms with Crippen LogP contribution < -0.4 is 10.9 Å². The van der Waals surface area contributed by atoms with Crippen LogP contribution in [0.4, 0.5) is 18.9 Å². The average Bonchev–Trinajstić information content (AvgIpc) is 2.68. The maximum Gasteiger partial charge on any atom is 0.416 e. The number of para-hydroxylation sites is 1. The van der Waals surface area contributed by atoms with Crippen molar-refractivity contribution in [3.63, 3.8) is 0 Å². The number of nitrogens with one attached hydrogen (secondary N) is 1. The summed E-state index contributed by atoms with van der Waals surface area (Å²) in [6.45, 7) is 0. The van der Waals surface area contributed by atoms with E-state index in [1.807, 2.05) is 5.32 Å². The number of aromatic hydroxyl groups is 1. The molecule has 160 valence electrons. The van der Waals surface area contributed by atoms with Crippen molar-refractivity contribution >= 4 is 45.7 Å². The third-order valence-corrected chi connectivity index (χ3v) is 4.51. The maximum atomic E-state index is 12.8. The van der Waals surface area contributed by atoms with Crippen LogP contribution in [0.25, 0.3) is 11.0 Å². The highest BCUT2D eigenvalue weighted by Crippen LogP contribution is 2.34. The molecule has 31 heavy (non-hydrogen) atoms. The molecule has 1 aromatic heterocycles. The van der Waals surface area contributed by atoms with E-state index < -0.39 is 58.3 Å². The summed E-state index contributed by atoms with van der Waals surface area (Å²) >= 11 is 5.75. The van der Waals surface area contributed by atoms with E-state index >= 15 is 0 Å². The molecule has 2 aromatic carbocycles. The number of Topliss-reactive ketones (excluding diaryl/α,β-unsaturated/α-hetero) is 2. The minimum atomic E-state index is -4.72. The van der Waals surface area contributed by atoms with E-state index in [4.69, 9.17) is 16.0 Å². The Morgan fingerprint density at radius 3 is 2.45 bits per heavy atom. The summed E-state index contributed by atoms with van der Waals surface area (Å²) in [5.74, 6) is -4.72. The van der Waals surface area contributed by atoms with Crippen LogP contribution in [-0.2, 0) is 15.8 Å². The Kier molecular flexibility index (Phi) is 5.85. The number of amides is 1. The molecule has 0 bridgehead atoms. The van der Waals surface area contributed by atoms with Gasteiger partial charge in [-0.25, -0.2) is 4.79 Å². The number of anilines is 1. The van der Waals surface area contributed by atoms with Crippen LogP contribution in [-0.4, -0.2) is 22.6 Å².